The van der Waals surface area contributed by atoms with Crippen LogP contribution in [0, 0.1) is 5.92 Å². The van der Waals surface area contributed by atoms with Gasteiger partial charge in [-0.3, -0.25) is 0 Å². The molecule has 1 saturated heterocycles. The smallest absolute Gasteiger partial charge is 0.0612 e. The van der Waals surface area contributed by atoms with Gasteiger partial charge in [-0.25, -0.2) is 0 Å². The van der Waals surface area contributed by atoms with E-state index >= 15 is 0 Å². The summed E-state index contributed by atoms with van der Waals surface area (Å²) in [7, 11) is 0. The molecule has 0 aromatic carbocycles. The van der Waals surface area contributed by atoms with E-state index in [0.717, 1.165) is 19.4 Å². The molecule has 2 rings (SSSR count). The molecule has 1 aliphatic rings. The first kappa shape index (κ1) is 11.6. The van der Waals surface area contributed by atoms with Crippen LogP contribution >= 0.6 is 27.3 Å². The fourth-order valence-corrected chi connectivity index (χ4v) is 4.20. The summed E-state index contributed by atoms with van der Waals surface area (Å²) in [6, 6.07) is 4.35. The van der Waals surface area contributed by atoms with Gasteiger partial charge in [0.2, 0.25) is 0 Å². The summed E-state index contributed by atoms with van der Waals surface area (Å²) in [6.07, 6.45) is 3.95. The van der Waals surface area contributed by atoms with Crippen LogP contribution in [0.2, 0.25) is 0 Å². The van der Waals surface area contributed by atoms with E-state index in [1.807, 2.05) is 11.3 Å². The normalized spacial score (nSPS) is 28.1. The van der Waals surface area contributed by atoms with E-state index in [-0.39, 0.29) is 0 Å². The molecule has 3 unspecified atom stereocenters. The van der Waals surface area contributed by atoms with E-state index in [2.05, 4.69) is 40.4 Å². The summed E-state index contributed by atoms with van der Waals surface area (Å²) in [6.45, 7) is 3.16. The van der Waals surface area contributed by atoms with Crippen LogP contribution in [0.1, 0.15) is 24.6 Å². The van der Waals surface area contributed by atoms with Crippen LogP contribution in [0.5, 0.6) is 0 Å². The maximum atomic E-state index is 5.73. The van der Waals surface area contributed by atoms with Crippen molar-refractivity contribution in [2.24, 2.45) is 5.92 Å². The fourth-order valence-electron chi connectivity index (χ4n) is 2.27. The van der Waals surface area contributed by atoms with E-state index in [1.165, 1.54) is 11.3 Å². The largest absolute Gasteiger partial charge is 0.378 e. The molecule has 1 fully saturated rings. The molecule has 0 saturated carbocycles. The molecule has 3 heteroatoms. The molecule has 0 amide bonds. The zero-order valence-corrected chi connectivity index (χ0v) is 11.4. The number of alkyl halides is 1. The Balaban J connectivity index is 1.92. The Hall–Kier alpha value is 0.140. The molecular formula is C12H17BrOS. The number of hydrogen-bond acceptors (Lipinski definition) is 2. The van der Waals surface area contributed by atoms with Gasteiger partial charge in [0.05, 0.1) is 6.10 Å². The molecule has 0 aliphatic carbocycles. The molecule has 1 nitrogen and oxygen atoms in total. The second-order valence-corrected chi connectivity index (χ2v) is 6.28. The van der Waals surface area contributed by atoms with Crippen molar-refractivity contribution in [2.75, 3.05) is 6.61 Å². The third kappa shape index (κ3) is 2.83. The van der Waals surface area contributed by atoms with E-state index in [0.29, 0.717) is 16.8 Å². The fraction of sp³-hybridized carbons (Fsp3) is 0.667. The highest BCUT2D eigenvalue weighted by Gasteiger charge is 2.32. The summed E-state index contributed by atoms with van der Waals surface area (Å²) < 4.78 is 5.73. The Kier molecular flexibility index (Phi) is 4.23. The van der Waals surface area contributed by atoms with Crippen molar-refractivity contribution < 1.29 is 4.74 Å². The van der Waals surface area contributed by atoms with Gasteiger partial charge in [-0.15, -0.1) is 11.3 Å². The highest BCUT2D eigenvalue weighted by Crippen LogP contribution is 2.32. The first-order chi connectivity index (χ1) is 7.31. The monoisotopic (exact) mass is 288 g/mol. The van der Waals surface area contributed by atoms with Crippen LogP contribution in [0.15, 0.2) is 17.5 Å². The molecule has 0 radical (unpaired) electrons. The molecule has 84 valence electrons. The summed E-state index contributed by atoms with van der Waals surface area (Å²) >= 11 is 5.68. The van der Waals surface area contributed by atoms with Crippen molar-refractivity contribution in [3.8, 4) is 0 Å². The van der Waals surface area contributed by atoms with Crippen molar-refractivity contribution in [2.45, 2.75) is 37.1 Å². The van der Waals surface area contributed by atoms with Gasteiger partial charge in [0.15, 0.2) is 0 Å². The molecule has 1 aliphatic heterocycles. The van der Waals surface area contributed by atoms with Gasteiger partial charge >= 0.3 is 0 Å². The van der Waals surface area contributed by atoms with Gasteiger partial charge in [0, 0.05) is 22.2 Å². The Morgan fingerprint density at radius 3 is 3.20 bits per heavy atom. The van der Waals surface area contributed by atoms with Gasteiger partial charge in [0.1, 0.15) is 0 Å². The van der Waals surface area contributed by atoms with Crippen molar-refractivity contribution in [3.05, 3.63) is 22.4 Å². The maximum Gasteiger partial charge on any atom is 0.0612 e. The van der Waals surface area contributed by atoms with Crippen LogP contribution in [-0.2, 0) is 11.2 Å². The minimum atomic E-state index is 0.467. The number of ether oxygens (including phenoxy) is 1. The number of rotatable bonds is 4. The zero-order valence-electron chi connectivity index (χ0n) is 8.99. The topological polar surface area (TPSA) is 9.23 Å². The van der Waals surface area contributed by atoms with Crippen molar-refractivity contribution >= 4 is 27.3 Å². The molecule has 3 atom stereocenters. The van der Waals surface area contributed by atoms with Crippen molar-refractivity contribution in [1.82, 2.24) is 0 Å². The minimum Gasteiger partial charge on any atom is -0.378 e. The number of thiophene rings is 1. The lowest BCUT2D eigenvalue weighted by Crippen LogP contribution is -2.25. The lowest BCUT2D eigenvalue weighted by molar-refractivity contribution is 0.0873. The average molecular weight is 289 g/mol. The first-order valence-electron chi connectivity index (χ1n) is 5.59. The second kappa shape index (κ2) is 5.46. The lowest BCUT2D eigenvalue weighted by Gasteiger charge is -2.21. The highest BCUT2D eigenvalue weighted by atomic mass is 79.9. The first-order valence-corrected chi connectivity index (χ1v) is 7.39. The highest BCUT2D eigenvalue weighted by molar-refractivity contribution is 9.09. The van der Waals surface area contributed by atoms with Crippen LogP contribution in [0.25, 0.3) is 0 Å². The molecule has 0 N–H and O–H groups in total. The van der Waals surface area contributed by atoms with E-state index < -0.39 is 0 Å². The maximum absolute atomic E-state index is 5.73. The van der Waals surface area contributed by atoms with Gasteiger partial charge in [-0.2, -0.15) is 0 Å². The summed E-state index contributed by atoms with van der Waals surface area (Å²) in [5.74, 6) is 0.692. The van der Waals surface area contributed by atoms with Crippen molar-refractivity contribution in [3.63, 3.8) is 0 Å². The average Bonchev–Trinajstić information content (AvgIpc) is 2.86. The summed E-state index contributed by atoms with van der Waals surface area (Å²) in [5, 5.41) is 2.15. The molecule has 0 spiro atoms. The number of halogens is 1. The van der Waals surface area contributed by atoms with Gasteiger partial charge < -0.3 is 4.74 Å². The van der Waals surface area contributed by atoms with Gasteiger partial charge in [-0.05, 0) is 30.7 Å². The predicted octanol–water partition coefficient (Wildman–Crippen LogP) is 3.87. The Labute approximate surface area is 104 Å². The third-order valence-electron chi connectivity index (χ3n) is 3.10. The van der Waals surface area contributed by atoms with E-state index in [9.17, 15) is 0 Å². The van der Waals surface area contributed by atoms with Crippen LogP contribution < -0.4 is 0 Å². The second-order valence-electron chi connectivity index (χ2n) is 4.07. The summed E-state index contributed by atoms with van der Waals surface area (Å²) in [4.78, 5) is 2.04. The van der Waals surface area contributed by atoms with Gasteiger partial charge in [0.25, 0.3) is 0 Å². The Bertz CT molecular complexity index is 286. The molecular weight excluding hydrogens is 272 g/mol. The molecule has 15 heavy (non-hydrogen) atoms. The number of hydrogen-bond donors (Lipinski definition) is 0. The summed E-state index contributed by atoms with van der Waals surface area (Å²) in [5.41, 5.74) is 0. The quantitative estimate of drug-likeness (QED) is 0.765. The van der Waals surface area contributed by atoms with Crippen LogP contribution in [0.4, 0.5) is 0 Å². The molecule has 1 aromatic rings. The van der Waals surface area contributed by atoms with Crippen LogP contribution in [0.3, 0.4) is 0 Å². The van der Waals surface area contributed by atoms with Crippen molar-refractivity contribution in [1.29, 1.82) is 0 Å². The predicted molar refractivity (Wildman–Crippen MR) is 68.9 cm³/mol. The Morgan fingerprint density at radius 1 is 1.67 bits per heavy atom. The van der Waals surface area contributed by atoms with E-state index in [4.69, 9.17) is 4.74 Å². The lowest BCUT2D eigenvalue weighted by atomic mass is 9.94. The minimum absolute atomic E-state index is 0.467. The van der Waals surface area contributed by atoms with Gasteiger partial charge in [-0.1, -0.05) is 28.9 Å². The molecule has 0 bridgehead atoms. The third-order valence-corrected chi connectivity index (χ3v) is 5.01. The van der Waals surface area contributed by atoms with Crippen LogP contribution in [-0.4, -0.2) is 17.5 Å². The molecule has 2 heterocycles. The van der Waals surface area contributed by atoms with E-state index in [1.54, 1.807) is 0 Å². The zero-order chi connectivity index (χ0) is 10.7. The standard InChI is InChI=1S/C12H17BrOS/c1-2-12-10(5-6-14-12)11(13)8-9-4-3-7-15-9/h3-4,7,10-12H,2,5-6,8H2,1H3. The Morgan fingerprint density at radius 2 is 2.53 bits per heavy atom. The molecule has 1 aromatic heterocycles. The SMILES string of the molecule is CCC1OCCC1C(Br)Cc1cccs1.